The van der Waals surface area contributed by atoms with E-state index in [9.17, 15) is 0 Å². The second-order valence-corrected chi connectivity index (χ2v) is 4.56. The molecule has 1 aromatic carbocycles. The van der Waals surface area contributed by atoms with Gasteiger partial charge in [0, 0.05) is 25.2 Å². The third-order valence-corrected chi connectivity index (χ3v) is 3.00. The molecule has 5 heteroatoms. The van der Waals surface area contributed by atoms with Crippen molar-refractivity contribution in [2.24, 2.45) is 10.8 Å². The van der Waals surface area contributed by atoms with Crippen molar-refractivity contribution in [1.29, 1.82) is 0 Å². The second-order valence-electron chi connectivity index (χ2n) is 4.15. The largest absolute Gasteiger partial charge is 0.341 e. The highest BCUT2D eigenvalue weighted by Gasteiger charge is 2.07. The van der Waals surface area contributed by atoms with Gasteiger partial charge in [-0.3, -0.25) is 10.4 Å². The zero-order valence-corrected chi connectivity index (χ0v) is 11.7. The predicted molar refractivity (Wildman–Crippen MR) is 77.5 cm³/mol. The van der Waals surface area contributed by atoms with Crippen LogP contribution >= 0.6 is 11.6 Å². The van der Waals surface area contributed by atoms with Gasteiger partial charge in [-0.05, 0) is 18.1 Å². The molecule has 0 saturated carbocycles. The van der Waals surface area contributed by atoms with E-state index in [1.54, 1.807) is 0 Å². The van der Waals surface area contributed by atoms with Gasteiger partial charge in [0.05, 0.1) is 0 Å². The fourth-order valence-corrected chi connectivity index (χ4v) is 1.77. The molecule has 100 valence electrons. The summed E-state index contributed by atoms with van der Waals surface area (Å²) >= 11 is 6.12. The Morgan fingerprint density at radius 3 is 2.78 bits per heavy atom. The summed E-state index contributed by atoms with van der Waals surface area (Å²) in [7, 11) is 1.94. The highest BCUT2D eigenvalue weighted by Crippen LogP contribution is 2.16. The monoisotopic (exact) mass is 268 g/mol. The third kappa shape index (κ3) is 4.55. The first-order valence-electron chi connectivity index (χ1n) is 6.14. The number of halogens is 1. The van der Waals surface area contributed by atoms with Crippen molar-refractivity contribution < 1.29 is 0 Å². The molecule has 0 radical (unpaired) electrons. The van der Waals surface area contributed by atoms with E-state index in [4.69, 9.17) is 17.4 Å². The average Bonchev–Trinajstić information content (AvgIpc) is 2.37. The van der Waals surface area contributed by atoms with E-state index in [0.717, 1.165) is 30.0 Å². The standard InChI is InChI=1S/C13H21ClN4/c1-3-4-9-16-13(17-15)18(2)10-11-7-5-6-8-12(11)14/h5-8H,3-4,9-10,15H2,1-2H3,(H,16,17). The van der Waals surface area contributed by atoms with Crippen molar-refractivity contribution in [3.63, 3.8) is 0 Å². The van der Waals surface area contributed by atoms with Gasteiger partial charge in [0.25, 0.3) is 0 Å². The van der Waals surface area contributed by atoms with Crippen LogP contribution in [0.3, 0.4) is 0 Å². The van der Waals surface area contributed by atoms with Crippen LogP contribution in [0.1, 0.15) is 25.3 Å². The summed E-state index contributed by atoms with van der Waals surface area (Å²) in [5.41, 5.74) is 3.69. The molecule has 1 aromatic rings. The van der Waals surface area contributed by atoms with Crippen molar-refractivity contribution in [3.05, 3.63) is 34.9 Å². The Kier molecular flexibility index (Phi) is 6.54. The highest BCUT2D eigenvalue weighted by atomic mass is 35.5. The van der Waals surface area contributed by atoms with Crippen molar-refractivity contribution in [2.45, 2.75) is 26.3 Å². The molecule has 0 amide bonds. The van der Waals surface area contributed by atoms with Crippen LogP contribution in [-0.4, -0.2) is 24.5 Å². The van der Waals surface area contributed by atoms with Crippen molar-refractivity contribution in [3.8, 4) is 0 Å². The summed E-state index contributed by atoms with van der Waals surface area (Å²) in [6, 6.07) is 7.77. The number of aliphatic imine (C=N–C) groups is 1. The minimum atomic E-state index is 0.675. The maximum atomic E-state index is 6.12. The molecule has 0 atom stereocenters. The SMILES string of the molecule is CCCCN=C(NN)N(C)Cc1ccccc1Cl. The Hall–Kier alpha value is -1.26. The number of nitrogens with two attached hydrogens (primary N) is 1. The smallest absolute Gasteiger partial charge is 0.208 e. The van der Waals surface area contributed by atoms with Crippen molar-refractivity contribution >= 4 is 17.6 Å². The minimum absolute atomic E-state index is 0.675. The number of hydrogen-bond acceptors (Lipinski definition) is 2. The summed E-state index contributed by atoms with van der Waals surface area (Å²) < 4.78 is 0. The summed E-state index contributed by atoms with van der Waals surface area (Å²) in [5.74, 6) is 6.18. The van der Waals surface area contributed by atoms with Crippen LogP contribution < -0.4 is 11.3 Å². The molecule has 4 nitrogen and oxygen atoms in total. The number of rotatable bonds is 5. The van der Waals surface area contributed by atoms with Crippen LogP contribution in [-0.2, 0) is 6.54 Å². The topological polar surface area (TPSA) is 53.6 Å². The van der Waals surface area contributed by atoms with Gasteiger partial charge in [-0.15, -0.1) is 0 Å². The summed E-state index contributed by atoms with van der Waals surface area (Å²) in [6.45, 7) is 3.59. The fraction of sp³-hybridized carbons (Fsp3) is 0.462. The molecule has 0 unspecified atom stereocenters. The number of hydrazine groups is 1. The van der Waals surface area contributed by atoms with E-state index in [2.05, 4.69) is 17.3 Å². The number of benzene rings is 1. The number of unbranched alkanes of at least 4 members (excludes halogenated alkanes) is 1. The Labute approximate surface area is 114 Å². The lowest BCUT2D eigenvalue weighted by atomic mass is 10.2. The highest BCUT2D eigenvalue weighted by molar-refractivity contribution is 6.31. The average molecular weight is 269 g/mol. The van der Waals surface area contributed by atoms with Crippen LogP contribution in [0.25, 0.3) is 0 Å². The summed E-state index contributed by atoms with van der Waals surface area (Å²) in [4.78, 5) is 6.38. The van der Waals surface area contributed by atoms with Gasteiger partial charge in [0.1, 0.15) is 0 Å². The molecule has 0 aliphatic heterocycles. The molecular weight excluding hydrogens is 248 g/mol. The van der Waals surface area contributed by atoms with Gasteiger partial charge in [0.15, 0.2) is 0 Å². The lowest BCUT2D eigenvalue weighted by molar-refractivity contribution is 0.476. The van der Waals surface area contributed by atoms with Crippen LogP contribution in [0.5, 0.6) is 0 Å². The molecule has 1 rings (SSSR count). The number of nitrogens with one attached hydrogen (secondary N) is 1. The first-order valence-corrected chi connectivity index (χ1v) is 6.52. The minimum Gasteiger partial charge on any atom is -0.341 e. The van der Waals surface area contributed by atoms with Gasteiger partial charge >= 0.3 is 0 Å². The zero-order valence-electron chi connectivity index (χ0n) is 11.0. The van der Waals surface area contributed by atoms with Crippen LogP contribution in [0.15, 0.2) is 29.3 Å². The quantitative estimate of drug-likeness (QED) is 0.283. The molecule has 0 bridgehead atoms. The summed E-state index contributed by atoms with van der Waals surface area (Å²) in [6.07, 6.45) is 2.18. The molecule has 0 aromatic heterocycles. The fourth-order valence-electron chi connectivity index (χ4n) is 1.58. The van der Waals surface area contributed by atoms with Gasteiger partial charge in [-0.25, -0.2) is 5.84 Å². The molecule has 0 aliphatic rings. The second kappa shape index (κ2) is 7.95. The van der Waals surface area contributed by atoms with E-state index in [1.807, 2.05) is 36.2 Å². The van der Waals surface area contributed by atoms with Crippen LogP contribution in [0.4, 0.5) is 0 Å². The molecule has 0 spiro atoms. The van der Waals surface area contributed by atoms with E-state index in [-0.39, 0.29) is 0 Å². The van der Waals surface area contributed by atoms with Gasteiger partial charge in [0.2, 0.25) is 5.96 Å². The molecule has 3 N–H and O–H groups in total. The maximum Gasteiger partial charge on any atom is 0.208 e. The lowest BCUT2D eigenvalue weighted by Gasteiger charge is -2.21. The normalized spacial score (nSPS) is 11.4. The van der Waals surface area contributed by atoms with E-state index in [1.165, 1.54) is 0 Å². The molecule has 0 heterocycles. The van der Waals surface area contributed by atoms with E-state index in [0.29, 0.717) is 12.5 Å². The summed E-state index contributed by atoms with van der Waals surface area (Å²) in [5, 5.41) is 0.759. The maximum absolute atomic E-state index is 6.12. The molecular formula is C13H21ClN4. The van der Waals surface area contributed by atoms with E-state index >= 15 is 0 Å². The Balaban J connectivity index is 2.65. The Bertz CT molecular complexity index is 392. The first-order chi connectivity index (χ1) is 8.69. The molecule has 0 fully saturated rings. The first kappa shape index (κ1) is 14.8. The lowest BCUT2D eigenvalue weighted by Crippen LogP contribution is -2.42. The van der Waals surface area contributed by atoms with Gasteiger partial charge < -0.3 is 4.90 Å². The predicted octanol–water partition coefficient (Wildman–Crippen LogP) is 2.39. The van der Waals surface area contributed by atoms with Crippen LogP contribution in [0.2, 0.25) is 5.02 Å². The van der Waals surface area contributed by atoms with E-state index < -0.39 is 0 Å². The van der Waals surface area contributed by atoms with Crippen molar-refractivity contribution in [2.75, 3.05) is 13.6 Å². The molecule has 0 saturated heterocycles. The van der Waals surface area contributed by atoms with Crippen LogP contribution in [0, 0.1) is 0 Å². The van der Waals surface area contributed by atoms with Gasteiger partial charge in [-0.2, -0.15) is 0 Å². The molecule has 0 aliphatic carbocycles. The Morgan fingerprint density at radius 2 is 2.17 bits per heavy atom. The third-order valence-electron chi connectivity index (χ3n) is 2.63. The zero-order chi connectivity index (χ0) is 13.4. The molecule has 18 heavy (non-hydrogen) atoms. The number of guanidine groups is 1. The Morgan fingerprint density at radius 1 is 1.44 bits per heavy atom. The van der Waals surface area contributed by atoms with Gasteiger partial charge in [-0.1, -0.05) is 43.1 Å². The number of nitrogens with zero attached hydrogens (tertiary/aromatic N) is 2. The number of hydrogen-bond donors (Lipinski definition) is 2. The van der Waals surface area contributed by atoms with Crippen molar-refractivity contribution in [1.82, 2.24) is 10.3 Å².